The van der Waals surface area contributed by atoms with E-state index in [1.54, 1.807) is 17.0 Å². The number of nitrogens with zero attached hydrogens (tertiary/aromatic N) is 1. The highest BCUT2D eigenvalue weighted by molar-refractivity contribution is 5.98. The number of phenols is 1. The number of hydrogen-bond acceptors (Lipinski definition) is 4. The number of carbonyl (C=O) groups excluding carboxylic acids is 1. The van der Waals surface area contributed by atoms with Crippen LogP contribution in [0.4, 0.5) is 5.69 Å². The van der Waals surface area contributed by atoms with Gasteiger partial charge in [-0.15, -0.1) is 0 Å². The molecule has 0 aliphatic carbocycles. The van der Waals surface area contributed by atoms with Crippen molar-refractivity contribution in [3.05, 3.63) is 23.8 Å². The van der Waals surface area contributed by atoms with Crippen molar-refractivity contribution < 1.29 is 14.6 Å². The molecule has 1 aromatic rings. The van der Waals surface area contributed by atoms with Crippen LogP contribution < -0.4 is 10.6 Å². The van der Waals surface area contributed by atoms with Crippen molar-refractivity contribution in [2.45, 2.75) is 26.7 Å². The second-order valence-electron chi connectivity index (χ2n) is 5.62. The molecule has 1 fully saturated rings. The van der Waals surface area contributed by atoms with Gasteiger partial charge >= 0.3 is 0 Å². The van der Waals surface area contributed by atoms with Crippen LogP contribution in [0, 0.1) is 12.3 Å². The lowest BCUT2D eigenvalue weighted by atomic mass is 9.78. The molecular formula is C16H24N2O3. The molecule has 5 heteroatoms. The van der Waals surface area contributed by atoms with Gasteiger partial charge in [-0.1, -0.05) is 6.07 Å². The minimum Gasteiger partial charge on any atom is -0.508 e. The molecule has 0 atom stereocenters. The maximum absolute atomic E-state index is 13.1. The molecular weight excluding hydrogens is 268 g/mol. The van der Waals surface area contributed by atoms with E-state index in [2.05, 4.69) is 0 Å². The zero-order valence-corrected chi connectivity index (χ0v) is 12.8. The van der Waals surface area contributed by atoms with Crippen LogP contribution in [0.25, 0.3) is 0 Å². The molecule has 5 nitrogen and oxygen atoms in total. The molecule has 3 N–H and O–H groups in total. The molecule has 1 aliphatic heterocycles. The van der Waals surface area contributed by atoms with Crippen LogP contribution in [0.5, 0.6) is 5.75 Å². The van der Waals surface area contributed by atoms with Gasteiger partial charge < -0.3 is 20.5 Å². The second kappa shape index (κ2) is 6.45. The number of amides is 1. The van der Waals surface area contributed by atoms with Gasteiger partial charge in [0, 0.05) is 32.4 Å². The van der Waals surface area contributed by atoms with Crippen molar-refractivity contribution in [1.82, 2.24) is 0 Å². The van der Waals surface area contributed by atoms with E-state index in [1.807, 2.05) is 19.9 Å². The molecule has 0 aromatic heterocycles. The number of aromatic hydroxyl groups is 1. The number of phenolic OH excluding ortho intramolecular Hbond substituents is 1. The third-order valence-electron chi connectivity index (χ3n) is 4.34. The zero-order valence-electron chi connectivity index (χ0n) is 12.8. The fraction of sp³-hybridized carbons (Fsp3) is 0.562. The lowest BCUT2D eigenvalue weighted by Crippen LogP contribution is -2.51. The largest absolute Gasteiger partial charge is 0.508 e. The smallest absolute Gasteiger partial charge is 0.234 e. The van der Waals surface area contributed by atoms with Crippen LogP contribution in [0.3, 0.4) is 0 Å². The Bertz CT molecular complexity index is 510. The van der Waals surface area contributed by atoms with E-state index in [0.717, 1.165) is 11.3 Å². The lowest BCUT2D eigenvalue weighted by molar-refractivity contribution is -0.133. The Morgan fingerprint density at radius 3 is 2.67 bits per heavy atom. The average Bonchev–Trinajstić information content (AvgIpc) is 2.52. The first-order chi connectivity index (χ1) is 10.0. The van der Waals surface area contributed by atoms with Gasteiger partial charge in [-0.2, -0.15) is 0 Å². The first-order valence-electron chi connectivity index (χ1n) is 7.43. The van der Waals surface area contributed by atoms with Crippen LogP contribution in [-0.4, -0.2) is 37.3 Å². The normalized spacial score (nSPS) is 17.5. The summed E-state index contributed by atoms with van der Waals surface area (Å²) in [6.45, 7) is 5.88. The molecule has 116 valence electrons. The van der Waals surface area contributed by atoms with Crippen molar-refractivity contribution >= 4 is 11.6 Å². The number of aryl methyl sites for hydroxylation is 1. The molecule has 1 saturated heterocycles. The molecule has 0 bridgehead atoms. The summed E-state index contributed by atoms with van der Waals surface area (Å²) in [5, 5.41) is 9.71. The van der Waals surface area contributed by atoms with Crippen molar-refractivity contribution in [3.8, 4) is 5.75 Å². The predicted octanol–water partition coefficient (Wildman–Crippen LogP) is 1.81. The molecule has 2 rings (SSSR count). The Hall–Kier alpha value is -1.59. The standard InChI is InChI=1S/C16H24N2O3/c1-3-18(14-10-13(19)5-4-12(14)2)15(20)16(11-17)6-8-21-9-7-16/h4-5,10,19H,3,6-9,11,17H2,1-2H3. The molecule has 0 spiro atoms. The summed E-state index contributed by atoms with van der Waals surface area (Å²) >= 11 is 0. The van der Waals surface area contributed by atoms with Gasteiger partial charge in [-0.05, 0) is 38.3 Å². The Kier molecular flexibility index (Phi) is 4.85. The van der Waals surface area contributed by atoms with E-state index in [0.29, 0.717) is 39.1 Å². The van der Waals surface area contributed by atoms with E-state index < -0.39 is 5.41 Å². The number of nitrogens with two attached hydrogens (primary N) is 1. The van der Waals surface area contributed by atoms with Gasteiger partial charge in [0.05, 0.1) is 11.1 Å². The highest BCUT2D eigenvalue weighted by atomic mass is 16.5. The van der Waals surface area contributed by atoms with Crippen LogP contribution in [0.1, 0.15) is 25.3 Å². The van der Waals surface area contributed by atoms with Crippen LogP contribution >= 0.6 is 0 Å². The molecule has 1 amide bonds. The van der Waals surface area contributed by atoms with Crippen molar-refractivity contribution in [2.24, 2.45) is 11.1 Å². The topological polar surface area (TPSA) is 75.8 Å². The van der Waals surface area contributed by atoms with Crippen molar-refractivity contribution in [2.75, 3.05) is 31.2 Å². The van der Waals surface area contributed by atoms with E-state index in [-0.39, 0.29) is 11.7 Å². The summed E-state index contributed by atoms with van der Waals surface area (Å²) < 4.78 is 5.37. The Balaban J connectivity index is 2.35. The van der Waals surface area contributed by atoms with Crippen molar-refractivity contribution in [3.63, 3.8) is 0 Å². The van der Waals surface area contributed by atoms with Gasteiger partial charge in [0.15, 0.2) is 0 Å². The van der Waals surface area contributed by atoms with E-state index >= 15 is 0 Å². The molecule has 0 radical (unpaired) electrons. The SMILES string of the molecule is CCN(C(=O)C1(CN)CCOCC1)c1cc(O)ccc1C. The molecule has 0 saturated carbocycles. The quantitative estimate of drug-likeness (QED) is 0.887. The van der Waals surface area contributed by atoms with Crippen LogP contribution in [-0.2, 0) is 9.53 Å². The molecule has 21 heavy (non-hydrogen) atoms. The first kappa shape index (κ1) is 15.8. The monoisotopic (exact) mass is 292 g/mol. The maximum atomic E-state index is 13.1. The zero-order chi connectivity index (χ0) is 15.5. The summed E-state index contributed by atoms with van der Waals surface area (Å²) in [5.74, 6) is 0.195. The molecule has 0 unspecified atom stereocenters. The highest BCUT2D eigenvalue weighted by Gasteiger charge is 2.41. The predicted molar refractivity (Wildman–Crippen MR) is 82.4 cm³/mol. The fourth-order valence-electron chi connectivity index (χ4n) is 2.87. The van der Waals surface area contributed by atoms with E-state index in [1.165, 1.54) is 0 Å². The Morgan fingerprint density at radius 1 is 1.43 bits per heavy atom. The van der Waals surface area contributed by atoms with Gasteiger partial charge in [-0.25, -0.2) is 0 Å². The Labute approximate surface area is 125 Å². The number of ether oxygens (including phenoxy) is 1. The van der Waals surface area contributed by atoms with Crippen molar-refractivity contribution in [1.29, 1.82) is 0 Å². The van der Waals surface area contributed by atoms with Crippen LogP contribution in [0.15, 0.2) is 18.2 Å². The molecule has 1 aliphatic rings. The summed E-state index contributed by atoms with van der Waals surface area (Å²) in [5.41, 5.74) is 7.09. The fourth-order valence-corrected chi connectivity index (χ4v) is 2.87. The van der Waals surface area contributed by atoms with Gasteiger partial charge in [0.2, 0.25) is 5.91 Å². The third-order valence-corrected chi connectivity index (χ3v) is 4.34. The first-order valence-corrected chi connectivity index (χ1v) is 7.43. The van der Waals surface area contributed by atoms with E-state index in [9.17, 15) is 9.90 Å². The second-order valence-corrected chi connectivity index (χ2v) is 5.62. The van der Waals surface area contributed by atoms with Gasteiger partial charge in [0.1, 0.15) is 5.75 Å². The summed E-state index contributed by atoms with van der Waals surface area (Å²) in [4.78, 5) is 14.8. The van der Waals surface area contributed by atoms with Gasteiger partial charge in [-0.3, -0.25) is 4.79 Å². The van der Waals surface area contributed by atoms with Gasteiger partial charge in [0.25, 0.3) is 0 Å². The maximum Gasteiger partial charge on any atom is 0.234 e. The minimum absolute atomic E-state index is 0.0319. The number of anilines is 1. The highest BCUT2D eigenvalue weighted by Crippen LogP contribution is 2.35. The Morgan fingerprint density at radius 2 is 2.10 bits per heavy atom. The summed E-state index contributed by atoms with van der Waals surface area (Å²) in [7, 11) is 0. The van der Waals surface area contributed by atoms with E-state index in [4.69, 9.17) is 10.5 Å². The minimum atomic E-state index is -0.549. The summed E-state index contributed by atoms with van der Waals surface area (Å²) in [6, 6.07) is 5.09. The lowest BCUT2D eigenvalue weighted by Gasteiger charge is -2.39. The molecule has 1 heterocycles. The number of hydrogen-bond donors (Lipinski definition) is 2. The molecule has 1 aromatic carbocycles. The third kappa shape index (κ3) is 3.04. The number of benzene rings is 1. The number of carbonyl (C=O) groups is 1. The average molecular weight is 292 g/mol. The summed E-state index contributed by atoms with van der Waals surface area (Å²) in [6.07, 6.45) is 1.30. The number of rotatable bonds is 4. The van der Waals surface area contributed by atoms with Crippen LogP contribution in [0.2, 0.25) is 0 Å².